The van der Waals surface area contributed by atoms with Crippen molar-refractivity contribution in [3.05, 3.63) is 28.1 Å². The van der Waals surface area contributed by atoms with Gasteiger partial charge >= 0.3 is 5.97 Å². The van der Waals surface area contributed by atoms with Crippen LogP contribution in [0.4, 0.5) is 15.5 Å². The van der Waals surface area contributed by atoms with Crippen molar-refractivity contribution in [2.75, 3.05) is 5.32 Å². The van der Waals surface area contributed by atoms with E-state index in [1.807, 2.05) is 0 Å². The molecule has 94 valence electrons. The van der Waals surface area contributed by atoms with Gasteiger partial charge in [-0.25, -0.2) is 24.7 Å². The Bertz CT molecular complexity index is 571. The van der Waals surface area contributed by atoms with Gasteiger partial charge in [-0.05, 0) is 6.92 Å². The Morgan fingerprint density at radius 3 is 3.00 bits per heavy atom. The minimum atomic E-state index is -1.09. The largest absolute Gasteiger partial charge is 0.391 e. The monoisotopic (exact) mass is 288 g/mol. The molecule has 2 rings (SSSR count). The first-order valence-corrected chi connectivity index (χ1v) is 5.85. The number of halogens is 2. The topological polar surface area (TPSA) is 77.0 Å². The lowest BCUT2D eigenvalue weighted by Gasteiger charge is -2.02. The molecule has 0 atom stereocenters. The fraction of sp³-hybridized carbons (Fsp3) is 0.111. The molecular formula is C9H6ClFN4O2S. The number of thiazole rings is 1. The number of hydrogen-bond donors (Lipinski definition) is 1. The molecule has 0 aromatic carbocycles. The normalized spacial score (nSPS) is 10.2. The van der Waals surface area contributed by atoms with Crippen LogP contribution in [0.25, 0.3) is 0 Å². The van der Waals surface area contributed by atoms with E-state index in [4.69, 9.17) is 11.6 Å². The average Bonchev–Trinajstić information content (AvgIpc) is 2.75. The number of hydrogen-bond acceptors (Lipinski definition) is 7. The maximum Gasteiger partial charge on any atom is 0.391 e. The molecule has 9 heteroatoms. The lowest BCUT2D eigenvalue weighted by Crippen LogP contribution is -1.96. The first kappa shape index (κ1) is 12.7. The lowest BCUT2D eigenvalue weighted by atomic mass is 10.5. The van der Waals surface area contributed by atoms with Gasteiger partial charge in [0.25, 0.3) is 0 Å². The Kier molecular flexibility index (Phi) is 3.68. The molecule has 0 radical (unpaired) electrons. The summed E-state index contributed by atoms with van der Waals surface area (Å²) in [6.07, 6.45) is 1.20. The number of carbonyl (C=O) groups excluding carboxylic acids is 1. The predicted octanol–water partition coefficient (Wildman–Crippen LogP) is 2.68. The molecule has 0 aliphatic rings. The van der Waals surface area contributed by atoms with Crippen LogP contribution in [0.2, 0.25) is 5.15 Å². The standard InChI is InChI=1S/C9H6ClFN4O2S/c1-4-13-6(10)2-7(14-4)15-9-12-3-5(18-9)8(16)17-11/h2-3H,1H3,(H,12,13,14,15). The molecular weight excluding hydrogens is 283 g/mol. The van der Waals surface area contributed by atoms with Gasteiger partial charge in [0.05, 0.1) is 6.20 Å². The van der Waals surface area contributed by atoms with Crippen LogP contribution in [0, 0.1) is 6.92 Å². The second-order valence-electron chi connectivity index (χ2n) is 3.14. The summed E-state index contributed by atoms with van der Waals surface area (Å²) in [7, 11) is 0. The van der Waals surface area contributed by atoms with Crippen LogP contribution < -0.4 is 5.32 Å². The molecule has 2 heterocycles. The van der Waals surface area contributed by atoms with E-state index in [1.165, 1.54) is 12.3 Å². The van der Waals surface area contributed by atoms with Gasteiger partial charge in [0, 0.05) is 10.6 Å². The molecule has 0 bridgehead atoms. The van der Waals surface area contributed by atoms with Gasteiger partial charge in [-0.1, -0.05) is 22.9 Å². The molecule has 0 unspecified atom stereocenters. The Labute approximate surface area is 110 Å². The van der Waals surface area contributed by atoms with Crippen LogP contribution in [-0.2, 0) is 4.94 Å². The molecule has 6 nitrogen and oxygen atoms in total. The van der Waals surface area contributed by atoms with Crippen LogP contribution >= 0.6 is 22.9 Å². The Morgan fingerprint density at radius 2 is 2.33 bits per heavy atom. The molecule has 0 spiro atoms. The molecule has 0 saturated carbocycles. The summed E-state index contributed by atoms with van der Waals surface area (Å²) in [5.74, 6) is -0.163. The summed E-state index contributed by atoms with van der Waals surface area (Å²) in [4.78, 5) is 25.9. The van der Waals surface area contributed by atoms with Crippen LogP contribution in [-0.4, -0.2) is 20.9 Å². The minimum absolute atomic E-state index is 0.0388. The summed E-state index contributed by atoms with van der Waals surface area (Å²) < 4.78 is 11.7. The third-order valence-corrected chi connectivity index (χ3v) is 2.91. The molecule has 0 fully saturated rings. The van der Waals surface area contributed by atoms with E-state index in [9.17, 15) is 9.32 Å². The molecule has 0 amide bonds. The zero-order valence-corrected chi connectivity index (χ0v) is 10.5. The minimum Gasteiger partial charge on any atom is -0.316 e. The molecule has 18 heavy (non-hydrogen) atoms. The van der Waals surface area contributed by atoms with Crippen molar-refractivity contribution < 1.29 is 14.3 Å². The zero-order chi connectivity index (χ0) is 13.1. The van der Waals surface area contributed by atoms with E-state index in [0.717, 1.165) is 11.3 Å². The number of nitrogens with one attached hydrogen (secondary N) is 1. The summed E-state index contributed by atoms with van der Waals surface area (Å²) in [5.41, 5.74) is 0. The van der Waals surface area contributed by atoms with Crippen molar-refractivity contribution in [1.29, 1.82) is 0 Å². The number of nitrogens with zero attached hydrogens (tertiary/aromatic N) is 3. The van der Waals surface area contributed by atoms with Crippen molar-refractivity contribution in [2.45, 2.75) is 6.92 Å². The maximum absolute atomic E-state index is 11.7. The Hall–Kier alpha value is -1.80. The zero-order valence-electron chi connectivity index (χ0n) is 8.98. The van der Waals surface area contributed by atoms with Crippen LogP contribution in [0.1, 0.15) is 15.5 Å². The highest BCUT2D eigenvalue weighted by Gasteiger charge is 2.13. The van der Waals surface area contributed by atoms with E-state index in [2.05, 4.69) is 25.2 Å². The van der Waals surface area contributed by atoms with E-state index >= 15 is 0 Å². The fourth-order valence-electron chi connectivity index (χ4n) is 1.17. The number of carbonyl (C=O) groups is 1. The SMILES string of the molecule is Cc1nc(Cl)cc(Nc2ncc(C(=O)OF)s2)n1. The first-order valence-electron chi connectivity index (χ1n) is 4.65. The first-order chi connectivity index (χ1) is 8.58. The van der Waals surface area contributed by atoms with Crippen LogP contribution in [0.5, 0.6) is 0 Å². The van der Waals surface area contributed by atoms with Crippen LogP contribution in [0.3, 0.4) is 0 Å². The van der Waals surface area contributed by atoms with Gasteiger partial charge in [-0.2, -0.15) is 0 Å². The van der Waals surface area contributed by atoms with Gasteiger partial charge in [-0.15, -0.1) is 0 Å². The van der Waals surface area contributed by atoms with Crippen molar-refractivity contribution in [2.24, 2.45) is 0 Å². The molecule has 0 saturated heterocycles. The summed E-state index contributed by atoms with van der Waals surface area (Å²) >= 11 is 6.69. The van der Waals surface area contributed by atoms with E-state index in [-0.39, 0.29) is 10.0 Å². The number of anilines is 2. The van der Waals surface area contributed by atoms with Crippen molar-refractivity contribution in [1.82, 2.24) is 15.0 Å². The van der Waals surface area contributed by atoms with E-state index in [1.54, 1.807) is 6.92 Å². The van der Waals surface area contributed by atoms with Crippen molar-refractivity contribution in [3.8, 4) is 0 Å². The third kappa shape index (κ3) is 2.90. The predicted molar refractivity (Wildman–Crippen MR) is 63.7 cm³/mol. The number of aryl methyl sites for hydroxylation is 1. The molecule has 2 aromatic heterocycles. The van der Waals surface area contributed by atoms with Gasteiger partial charge < -0.3 is 5.32 Å². The highest BCUT2D eigenvalue weighted by molar-refractivity contribution is 7.17. The number of rotatable bonds is 3. The molecule has 1 N–H and O–H groups in total. The van der Waals surface area contributed by atoms with Gasteiger partial charge in [0.2, 0.25) is 0 Å². The highest BCUT2D eigenvalue weighted by atomic mass is 35.5. The summed E-state index contributed by atoms with van der Waals surface area (Å²) in [5, 5.41) is 3.47. The quantitative estimate of drug-likeness (QED) is 0.875. The van der Waals surface area contributed by atoms with Crippen molar-refractivity contribution >= 4 is 39.9 Å². The summed E-state index contributed by atoms with van der Waals surface area (Å²) in [6.45, 7) is 1.69. The maximum atomic E-state index is 11.7. The highest BCUT2D eigenvalue weighted by Crippen LogP contribution is 2.23. The summed E-state index contributed by atoms with van der Waals surface area (Å²) in [6, 6.07) is 1.50. The molecule has 0 aliphatic heterocycles. The van der Waals surface area contributed by atoms with Crippen LogP contribution in [0.15, 0.2) is 12.3 Å². The number of aromatic nitrogens is 3. The second kappa shape index (κ2) is 5.23. The average molecular weight is 289 g/mol. The lowest BCUT2D eigenvalue weighted by molar-refractivity contribution is -0.0783. The van der Waals surface area contributed by atoms with Crippen molar-refractivity contribution in [3.63, 3.8) is 0 Å². The van der Waals surface area contributed by atoms with Gasteiger partial charge in [0.1, 0.15) is 21.7 Å². The van der Waals surface area contributed by atoms with E-state index in [0.29, 0.717) is 16.8 Å². The third-order valence-electron chi connectivity index (χ3n) is 1.82. The van der Waals surface area contributed by atoms with E-state index < -0.39 is 5.97 Å². The Balaban J connectivity index is 2.18. The molecule has 2 aromatic rings. The Morgan fingerprint density at radius 1 is 1.56 bits per heavy atom. The second-order valence-corrected chi connectivity index (χ2v) is 4.56. The fourth-order valence-corrected chi connectivity index (χ4v) is 2.08. The van der Waals surface area contributed by atoms with Gasteiger partial charge in [0.15, 0.2) is 5.13 Å². The van der Waals surface area contributed by atoms with Gasteiger partial charge in [-0.3, -0.25) is 0 Å². The smallest absolute Gasteiger partial charge is 0.316 e. The molecule has 0 aliphatic carbocycles.